The topological polar surface area (TPSA) is 60.8 Å². The van der Waals surface area contributed by atoms with E-state index in [2.05, 4.69) is 32.5 Å². The lowest BCUT2D eigenvalue weighted by Gasteiger charge is -2.35. The lowest BCUT2D eigenvalue weighted by molar-refractivity contribution is 0.182. The minimum Gasteiger partial charge on any atom is -0.348 e. The number of hydrogen-bond donors (Lipinski definition) is 1. The number of amidine groups is 1. The SMILES string of the molecule is C[C@H]1CN=C(N2CCN(C(=O)Nc3nc(C4CC4)cs3)CC2)S1. The summed E-state index contributed by atoms with van der Waals surface area (Å²) < 4.78 is 0. The fraction of sp³-hybridized carbons (Fsp3) is 0.667. The van der Waals surface area contributed by atoms with Crippen LogP contribution >= 0.6 is 23.1 Å². The first-order valence-electron chi connectivity index (χ1n) is 8.16. The highest BCUT2D eigenvalue weighted by molar-refractivity contribution is 8.14. The molecule has 1 atom stereocenters. The number of aromatic nitrogens is 1. The Balaban J connectivity index is 1.28. The number of nitrogens with one attached hydrogen (secondary N) is 1. The maximum absolute atomic E-state index is 12.4. The van der Waals surface area contributed by atoms with Gasteiger partial charge in [0.25, 0.3) is 0 Å². The summed E-state index contributed by atoms with van der Waals surface area (Å²) in [4.78, 5) is 25.6. The third-order valence-electron chi connectivity index (χ3n) is 4.36. The van der Waals surface area contributed by atoms with E-state index in [0.717, 1.165) is 48.7 Å². The van der Waals surface area contributed by atoms with Crippen LogP contribution < -0.4 is 5.32 Å². The third-order valence-corrected chi connectivity index (χ3v) is 6.28. The molecule has 2 aliphatic heterocycles. The number of piperazine rings is 1. The van der Waals surface area contributed by atoms with Gasteiger partial charge in [-0.05, 0) is 12.8 Å². The van der Waals surface area contributed by atoms with Crippen LogP contribution in [0.1, 0.15) is 31.4 Å². The van der Waals surface area contributed by atoms with Gasteiger partial charge in [0, 0.05) is 42.7 Å². The van der Waals surface area contributed by atoms with E-state index in [0.29, 0.717) is 11.2 Å². The van der Waals surface area contributed by atoms with Gasteiger partial charge < -0.3 is 9.80 Å². The molecule has 1 saturated heterocycles. The highest BCUT2D eigenvalue weighted by Gasteiger charge is 2.28. The summed E-state index contributed by atoms with van der Waals surface area (Å²) in [6, 6.07) is -0.0317. The van der Waals surface area contributed by atoms with Crippen LogP contribution in [-0.2, 0) is 0 Å². The number of thioether (sulfide) groups is 1. The summed E-state index contributed by atoms with van der Waals surface area (Å²) in [6.45, 7) is 6.30. The Bertz CT molecular complexity index is 619. The first-order chi connectivity index (χ1) is 11.2. The normalized spacial score (nSPS) is 24.7. The van der Waals surface area contributed by atoms with Gasteiger partial charge in [0.1, 0.15) is 0 Å². The van der Waals surface area contributed by atoms with Crippen LogP contribution in [-0.4, -0.2) is 64.0 Å². The van der Waals surface area contributed by atoms with E-state index in [1.807, 2.05) is 16.7 Å². The van der Waals surface area contributed by atoms with Crippen molar-refractivity contribution in [2.45, 2.75) is 30.9 Å². The average molecular weight is 352 g/mol. The van der Waals surface area contributed by atoms with E-state index in [-0.39, 0.29) is 6.03 Å². The first-order valence-corrected chi connectivity index (χ1v) is 9.92. The van der Waals surface area contributed by atoms with E-state index in [4.69, 9.17) is 0 Å². The molecule has 2 amide bonds. The zero-order valence-corrected chi connectivity index (χ0v) is 14.8. The summed E-state index contributed by atoms with van der Waals surface area (Å²) in [7, 11) is 0. The zero-order valence-electron chi connectivity index (χ0n) is 13.2. The number of amides is 2. The molecule has 0 radical (unpaired) electrons. The lowest BCUT2D eigenvalue weighted by Crippen LogP contribution is -2.51. The van der Waals surface area contributed by atoms with Gasteiger partial charge in [-0.15, -0.1) is 11.3 Å². The van der Waals surface area contributed by atoms with Gasteiger partial charge in [0.2, 0.25) is 0 Å². The average Bonchev–Trinajstić information content (AvgIpc) is 3.16. The molecule has 3 heterocycles. The van der Waals surface area contributed by atoms with Crippen molar-refractivity contribution in [1.29, 1.82) is 0 Å². The Labute approximate surface area is 144 Å². The number of carbonyl (C=O) groups is 1. The molecule has 1 saturated carbocycles. The van der Waals surface area contributed by atoms with Crippen molar-refractivity contribution in [3.63, 3.8) is 0 Å². The van der Waals surface area contributed by atoms with Crippen molar-refractivity contribution in [3.8, 4) is 0 Å². The van der Waals surface area contributed by atoms with E-state index in [1.165, 1.54) is 24.2 Å². The Morgan fingerprint density at radius 3 is 2.74 bits per heavy atom. The minimum atomic E-state index is -0.0317. The molecular weight excluding hydrogens is 330 g/mol. The minimum absolute atomic E-state index is 0.0317. The maximum atomic E-state index is 12.4. The predicted molar refractivity (Wildman–Crippen MR) is 95.6 cm³/mol. The number of anilines is 1. The maximum Gasteiger partial charge on any atom is 0.323 e. The van der Waals surface area contributed by atoms with E-state index >= 15 is 0 Å². The third kappa shape index (κ3) is 3.47. The number of aliphatic imine (C=N–C) groups is 1. The smallest absolute Gasteiger partial charge is 0.323 e. The van der Waals surface area contributed by atoms with Gasteiger partial charge in [0.05, 0.1) is 12.2 Å². The van der Waals surface area contributed by atoms with Gasteiger partial charge in [-0.1, -0.05) is 18.7 Å². The quantitative estimate of drug-likeness (QED) is 0.890. The molecule has 2 fully saturated rings. The Kier molecular flexibility index (Phi) is 4.19. The van der Waals surface area contributed by atoms with Crippen molar-refractivity contribution in [3.05, 3.63) is 11.1 Å². The molecule has 1 aliphatic carbocycles. The molecule has 0 spiro atoms. The largest absolute Gasteiger partial charge is 0.348 e. The monoisotopic (exact) mass is 351 g/mol. The highest BCUT2D eigenvalue weighted by atomic mass is 32.2. The number of hydrogen-bond acceptors (Lipinski definition) is 6. The van der Waals surface area contributed by atoms with E-state index in [9.17, 15) is 4.79 Å². The second-order valence-corrected chi connectivity index (χ2v) is 8.57. The van der Waals surface area contributed by atoms with Crippen molar-refractivity contribution in [1.82, 2.24) is 14.8 Å². The molecule has 4 rings (SSSR count). The van der Waals surface area contributed by atoms with Crippen molar-refractivity contribution in [2.75, 3.05) is 38.0 Å². The molecule has 0 aromatic carbocycles. The summed E-state index contributed by atoms with van der Waals surface area (Å²) in [5, 5.41) is 7.47. The first kappa shape index (κ1) is 15.3. The van der Waals surface area contributed by atoms with E-state index < -0.39 is 0 Å². The summed E-state index contributed by atoms with van der Waals surface area (Å²) in [5.41, 5.74) is 1.14. The Morgan fingerprint density at radius 1 is 1.30 bits per heavy atom. The molecule has 8 heteroatoms. The predicted octanol–water partition coefficient (Wildman–Crippen LogP) is 2.66. The number of rotatable bonds is 2. The standard InChI is InChI=1S/C15H21N5OS2/c1-10-8-16-15(23-10)20-6-4-19(5-7-20)14(21)18-13-17-12(9-22-13)11-2-3-11/h9-11H,2-8H2,1H3,(H,17,18,21)/t10-/m0/s1. The number of urea groups is 1. The fourth-order valence-electron chi connectivity index (χ4n) is 2.82. The van der Waals surface area contributed by atoms with Crippen LogP contribution in [0.2, 0.25) is 0 Å². The number of nitrogens with zero attached hydrogens (tertiary/aromatic N) is 4. The summed E-state index contributed by atoms with van der Waals surface area (Å²) >= 11 is 3.37. The Morgan fingerprint density at radius 2 is 2.09 bits per heavy atom. The Hall–Kier alpha value is -1.28. The summed E-state index contributed by atoms with van der Waals surface area (Å²) in [6.07, 6.45) is 2.47. The molecule has 0 bridgehead atoms. The molecular formula is C15H21N5OS2. The number of carbonyl (C=O) groups excluding carboxylic acids is 1. The van der Waals surface area contributed by atoms with Crippen molar-refractivity contribution in [2.24, 2.45) is 4.99 Å². The highest BCUT2D eigenvalue weighted by Crippen LogP contribution is 2.40. The van der Waals surface area contributed by atoms with Crippen LogP contribution in [0, 0.1) is 0 Å². The van der Waals surface area contributed by atoms with Crippen LogP contribution in [0.25, 0.3) is 0 Å². The van der Waals surface area contributed by atoms with Gasteiger partial charge in [-0.25, -0.2) is 9.78 Å². The van der Waals surface area contributed by atoms with E-state index in [1.54, 1.807) is 0 Å². The number of thiazole rings is 1. The second-order valence-electron chi connectivity index (χ2n) is 6.31. The molecule has 1 N–H and O–H groups in total. The van der Waals surface area contributed by atoms with Gasteiger partial charge in [-0.3, -0.25) is 10.3 Å². The van der Waals surface area contributed by atoms with Crippen molar-refractivity contribution < 1.29 is 4.79 Å². The van der Waals surface area contributed by atoms with Gasteiger partial charge in [0.15, 0.2) is 10.3 Å². The molecule has 0 unspecified atom stereocenters. The van der Waals surface area contributed by atoms with Crippen LogP contribution in [0.4, 0.5) is 9.93 Å². The zero-order chi connectivity index (χ0) is 15.8. The molecule has 124 valence electrons. The lowest BCUT2D eigenvalue weighted by atomic mass is 10.3. The molecule has 1 aromatic heterocycles. The van der Waals surface area contributed by atoms with Gasteiger partial charge in [-0.2, -0.15) is 0 Å². The fourth-order valence-corrected chi connectivity index (χ4v) is 4.59. The second kappa shape index (κ2) is 6.32. The van der Waals surface area contributed by atoms with Crippen LogP contribution in [0.3, 0.4) is 0 Å². The molecule has 6 nitrogen and oxygen atoms in total. The molecule has 3 aliphatic rings. The molecule has 1 aromatic rings. The summed E-state index contributed by atoms with van der Waals surface area (Å²) in [5.74, 6) is 0.632. The van der Waals surface area contributed by atoms with Gasteiger partial charge >= 0.3 is 6.03 Å². The van der Waals surface area contributed by atoms with Crippen LogP contribution in [0.15, 0.2) is 10.4 Å². The van der Waals surface area contributed by atoms with Crippen molar-refractivity contribution >= 4 is 39.4 Å². The molecule has 23 heavy (non-hydrogen) atoms. The van der Waals surface area contributed by atoms with Crippen LogP contribution in [0.5, 0.6) is 0 Å².